The molecule has 7 aromatic rings. The van der Waals surface area contributed by atoms with E-state index in [9.17, 15) is 0 Å². The molecule has 0 aliphatic rings. The Balaban J connectivity index is 1.45. The van der Waals surface area contributed by atoms with Crippen molar-refractivity contribution in [2.45, 2.75) is 0 Å². The van der Waals surface area contributed by atoms with Crippen LogP contribution in [0.2, 0.25) is 0 Å². The highest BCUT2D eigenvalue weighted by Crippen LogP contribution is 2.43. The highest BCUT2D eigenvalue weighted by molar-refractivity contribution is 7.26. The topological polar surface area (TPSA) is 75.1 Å². The van der Waals surface area contributed by atoms with Crippen molar-refractivity contribution >= 4 is 64.9 Å². The van der Waals surface area contributed by atoms with Crippen molar-refractivity contribution in [1.29, 1.82) is 5.41 Å². The van der Waals surface area contributed by atoms with Crippen LogP contribution >= 0.6 is 11.3 Å². The van der Waals surface area contributed by atoms with E-state index < -0.39 is 0 Å². The van der Waals surface area contributed by atoms with E-state index >= 15 is 0 Å². The maximum atomic E-state index is 8.79. The number of thiophene rings is 1. The number of benzene rings is 5. The first-order chi connectivity index (χ1) is 18.7. The molecule has 0 saturated carbocycles. The molecule has 0 unspecified atom stereocenters. The lowest BCUT2D eigenvalue weighted by Gasteiger charge is -2.14. The number of aliphatic imine (C=N–C) groups is 1. The van der Waals surface area contributed by atoms with Crippen molar-refractivity contribution in [3.63, 3.8) is 0 Å². The van der Waals surface area contributed by atoms with Crippen LogP contribution in [0.4, 0.5) is 0 Å². The summed E-state index contributed by atoms with van der Waals surface area (Å²) in [7, 11) is 0. The molecule has 0 amide bonds. The number of hydrogen-bond donors (Lipinski definition) is 2. The summed E-state index contributed by atoms with van der Waals surface area (Å²) in [6.45, 7) is 0. The molecule has 2 aromatic heterocycles. The van der Waals surface area contributed by atoms with Gasteiger partial charge in [-0.1, -0.05) is 91.0 Å². The maximum Gasteiger partial charge on any atom is 0.154 e. The Morgan fingerprint density at radius 1 is 0.711 bits per heavy atom. The summed E-state index contributed by atoms with van der Waals surface area (Å²) in [5.41, 5.74) is 11.1. The summed E-state index contributed by atoms with van der Waals surface area (Å²) in [4.78, 5) is 9.13. The minimum Gasteiger partial charge on any atom is -0.383 e. The first kappa shape index (κ1) is 22.3. The number of rotatable bonds is 3. The van der Waals surface area contributed by atoms with Crippen LogP contribution in [0.15, 0.2) is 120 Å². The first-order valence-corrected chi connectivity index (χ1v) is 13.2. The quantitative estimate of drug-likeness (QED) is 0.187. The van der Waals surface area contributed by atoms with E-state index in [0.717, 1.165) is 33.0 Å². The molecular formula is C33H22N4S. The summed E-state index contributed by atoms with van der Waals surface area (Å²) in [5.74, 6) is 0.476. The van der Waals surface area contributed by atoms with E-state index in [4.69, 9.17) is 11.1 Å². The minimum atomic E-state index is 0.144. The number of nitrogens with one attached hydrogen (secondary N) is 1. The number of nitrogens with zero attached hydrogens (tertiary/aromatic N) is 2. The molecule has 5 heteroatoms. The standard InChI is InChI=1S/C33H22N4S/c34-32(21-8-2-1-3-9-21)37-33(35)26-18-17-24(22-11-4-5-12-23(22)26)25-13-6-10-20-15-16-27-30-28(14-7-19-36-30)38-31(27)29(20)25/h1-19H,(H3,34,35,37). The zero-order valence-corrected chi connectivity index (χ0v) is 21.2. The van der Waals surface area contributed by atoms with Gasteiger partial charge in [0.2, 0.25) is 0 Å². The van der Waals surface area contributed by atoms with Crippen LogP contribution in [0.3, 0.4) is 0 Å². The second-order valence-electron chi connectivity index (χ2n) is 9.22. The second kappa shape index (κ2) is 8.91. The minimum absolute atomic E-state index is 0.144. The third kappa shape index (κ3) is 3.56. The van der Waals surface area contributed by atoms with E-state index in [-0.39, 0.29) is 5.84 Å². The van der Waals surface area contributed by atoms with Crippen molar-refractivity contribution in [3.8, 4) is 11.1 Å². The fraction of sp³-hybridized carbons (Fsp3) is 0. The van der Waals surface area contributed by atoms with Gasteiger partial charge in [-0.3, -0.25) is 10.4 Å². The highest BCUT2D eigenvalue weighted by Gasteiger charge is 2.16. The molecule has 38 heavy (non-hydrogen) atoms. The Kier molecular flexibility index (Phi) is 5.23. The molecular weight excluding hydrogens is 484 g/mol. The summed E-state index contributed by atoms with van der Waals surface area (Å²) in [5, 5.41) is 14.5. The molecule has 5 aromatic carbocycles. The van der Waals surface area contributed by atoms with Gasteiger partial charge in [-0.15, -0.1) is 11.3 Å². The molecule has 0 aliphatic heterocycles. The zero-order valence-electron chi connectivity index (χ0n) is 20.3. The lowest BCUT2D eigenvalue weighted by atomic mass is 9.91. The first-order valence-electron chi connectivity index (χ1n) is 12.4. The normalized spacial score (nSPS) is 12.1. The van der Waals surface area contributed by atoms with Crippen molar-refractivity contribution < 1.29 is 0 Å². The summed E-state index contributed by atoms with van der Waals surface area (Å²) in [6.07, 6.45) is 1.86. The van der Waals surface area contributed by atoms with Gasteiger partial charge in [0, 0.05) is 32.8 Å². The lowest BCUT2D eigenvalue weighted by Crippen LogP contribution is -2.15. The van der Waals surface area contributed by atoms with E-state index in [1.54, 1.807) is 11.3 Å². The molecule has 0 radical (unpaired) electrons. The SMILES string of the molecule is N=C(/N=C(\N)c1ccccc1)c1ccc(-c2cccc3ccc4c5ncccc5sc4c23)c2ccccc12. The monoisotopic (exact) mass is 506 g/mol. The van der Waals surface area contributed by atoms with Gasteiger partial charge in [0.15, 0.2) is 5.84 Å². The molecule has 0 aliphatic carbocycles. The van der Waals surface area contributed by atoms with Gasteiger partial charge in [0.05, 0.1) is 10.2 Å². The van der Waals surface area contributed by atoms with Crippen LogP contribution in [0.1, 0.15) is 11.1 Å². The number of hydrogen-bond acceptors (Lipinski definition) is 3. The van der Waals surface area contributed by atoms with Gasteiger partial charge < -0.3 is 5.73 Å². The highest BCUT2D eigenvalue weighted by atomic mass is 32.1. The number of amidine groups is 2. The Labute approximate surface area is 223 Å². The Bertz CT molecular complexity index is 2060. The van der Waals surface area contributed by atoms with Crippen LogP contribution in [0.5, 0.6) is 0 Å². The van der Waals surface area contributed by atoms with Gasteiger partial charge in [-0.25, -0.2) is 4.99 Å². The second-order valence-corrected chi connectivity index (χ2v) is 10.3. The van der Waals surface area contributed by atoms with Crippen molar-refractivity contribution in [1.82, 2.24) is 4.98 Å². The molecule has 7 rings (SSSR count). The van der Waals surface area contributed by atoms with Crippen LogP contribution in [0, 0.1) is 5.41 Å². The largest absolute Gasteiger partial charge is 0.383 e. The van der Waals surface area contributed by atoms with Crippen LogP contribution in [0.25, 0.3) is 53.0 Å². The number of pyridine rings is 1. The summed E-state index contributed by atoms with van der Waals surface area (Å²) < 4.78 is 2.43. The maximum absolute atomic E-state index is 8.79. The van der Waals surface area contributed by atoms with Crippen LogP contribution < -0.4 is 5.73 Å². The molecule has 0 spiro atoms. The average molecular weight is 507 g/mol. The van der Waals surface area contributed by atoms with Crippen molar-refractivity contribution in [2.75, 3.05) is 0 Å². The fourth-order valence-corrected chi connectivity index (χ4v) is 6.47. The number of aromatic nitrogens is 1. The molecule has 0 atom stereocenters. The molecule has 3 N–H and O–H groups in total. The van der Waals surface area contributed by atoms with E-state index in [1.807, 2.05) is 60.8 Å². The average Bonchev–Trinajstić information content (AvgIpc) is 3.36. The number of nitrogens with two attached hydrogens (primary N) is 1. The Morgan fingerprint density at radius 3 is 2.39 bits per heavy atom. The van der Waals surface area contributed by atoms with Crippen LogP contribution in [-0.4, -0.2) is 16.7 Å². The van der Waals surface area contributed by atoms with Gasteiger partial charge >= 0.3 is 0 Å². The predicted molar refractivity (Wildman–Crippen MR) is 162 cm³/mol. The smallest absolute Gasteiger partial charge is 0.154 e. The Hall–Kier alpha value is -4.87. The molecule has 4 nitrogen and oxygen atoms in total. The molecule has 2 heterocycles. The number of fused-ring (bicyclic) bond motifs is 6. The summed E-state index contributed by atoms with van der Waals surface area (Å²) >= 11 is 1.79. The van der Waals surface area contributed by atoms with Gasteiger partial charge in [0.1, 0.15) is 5.84 Å². The Morgan fingerprint density at radius 2 is 1.53 bits per heavy atom. The van der Waals surface area contributed by atoms with Crippen LogP contribution in [-0.2, 0) is 0 Å². The van der Waals surface area contributed by atoms with E-state index in [0.29, 0.717) is 5.84 Å². The van der Waals surface area contributed by atoms with E-state index in [1.165, 1.54) is 31.1 Å². The zero-order chi connectivity index (χ0) is 25.6. The summed E-state index contributed by atoms with van der Waals surface area (Å²) in [6, 6.07) is 36.9. The van der Waals surface area contributed by atoms with Gasteiger partial charge in [0.25, 0.3) is 0 Å². The molecule has 0 bridgehead atoms. The van der Waals surface area contributed by atoms with Gasteiger partial charge in [-0.2, -0.15) is 0 Å². The van der Waals surface area contributed by atoms with E-state index in [2.05, 4.69) is 64.6 Å². The third-order valence-corrected chi connectivity index (χ3v) is 8.18. The molecule has 0 fully saturated rings. The molecule has 0 saturated heterocycles. The van der Waals surface area contributed by atoms with Crippen molar-refractivity contribution in [3.05, 3.63) is 127 Å². The molecule has 180 valence electrons. The van der Waals surface area contributed by atoms with Gasteiger partial charge in [-0.05, 0) is 45.5 Å². The predicted octanol–water partition coefficient (Wildman–Crippen LogP) is 8.15. The fourth-order valence-electron chi connectivity index (χ4n) is 5.24. The third-order valence-electron chi connectivity index (χ3n) is 7.01. The lowest BCUT2D eigenvalue weighted by molar-refractivity contribution is 1.41. The van der Waals surface area contributed by atoms with Crippen molar-refractivity contribution in [2.24, 2.45) is 10.7 Å².